The van der Waals surface area contributed by atoms with E-state index >= 15 is 0 Å². The molecule has 21 heavy (non-hydrogen) atoms. The number of nitrogens with zero attached hydrogens (tertiary/aromatic N) is 1. The first-order valence-corrected chi connectivity index (χ1v) is 7.94. The zero-order valence-electron chi connectivity index (χ0n) is 14.7. The first-order valence-electron chi connectivity index (χ1n) is 7.94. The summed E-state index contributed by atoms with van der Waals surface area (Å²) in [7, 11) is 1.85. The Balaban J connectivity index is 0.00000400. The van der Waals surface area contributed by atoms with Gasteiger partial charge in [0.25, 0.3) is 0 Å². The fourth-order valence-electron chi connectivity index (χ4n) is 2.55. The highest BCUT2D eigenvalue weighted by Crippen LogP contribution is 2.34. The van der Waals surface area contributed by atoms with Crippen molar-refractivity contribution in [3.05, 3.63) is 0 Å². The van der Waals surface area contributed by atoms with Gasteiger partial charge in [-0.15, -0.1) is 24.0 Å². The quantitative estimate of drug-likeness (QED) is 0.289. The summed E-state index contributed by atoms with van der Waals surface area (Å²) in [4.78, 5) is 4.32. The number of hydrogen-bond acceptors (Lipinski definition) is 2. The Morgan fingerprint density at radius 1 is 1.14 bits per heavy atom. The Hall–Kier alpha value is -0.0400. The third-order valence-electron chi connectivity index (χ3n) is 3.98. The van der Waals surface area contributed by atoms with E-state index < -0.39 is 0 Å². The molecular weight excluding hydrogens is 375 g/mol. The second-order valence-electron chi connectivity index (χ2n) is 7.76. The monoisotopic (exact) mass is 410 g/mol. The number of guanidine groups is 1. The van der Waals surface area contributed by atoms with E-state index in [0.29, 0.717) is 11.5 Å². The highest BCUT2D eigenvalue weighted by atomic mass is 127. The van der Waals surface area contributed by atoms with Crippen molar-refractivity contribution in [3.63, 3.8) is 0 Å². The zero-order valence-corrected chi connectivity index (χ0v) is 17.0. The van der Waals surface area contributed by atoms with E-state index in [2.05, 4.69) is 55.6 Å². The van der Waals surface area contributed by atoms with Gasteiger partial charge in [0.1, 0.15) is 0 Å². The summed E-state index contributed by atoms with van der Waals surface area (Å²) < 4.78 is 0. The van der Waals surface area contributed by atoms with Crippen LogP contribution in [0.1, 0.15) is 60.3 Å². The summed E-state index contributed by atoms with van der Waals surface area (Å²) in [5.74, 6) is 0.936. The number of nitrogens with one attached hydrogen (secondary N) is 3. The average molecular weight is 410 g/mol. The number of aliphatic imine (C=N–C) groups is 1. The zero-order chi connectivity index (χ0) is 15.2. The minimum Gasteiger partial charge on any atom is -0.355 e. The van der Waals surface area contributed by atoms with Crippen molar-refractivity contribution in [2.24, 2.45) is 10.4 Å². The van der Waals surface area contributed by atoms with Crippen molar-refractivity contribution in [2.45, 2.75) is 71.9 Å². The molecule has 0 spiro atoms. The molecule has 126 valence electrons. The number of halogens is 1. The maximum Gasteiger partial charge on any atom is 0.191 e. The van der Waals surface area contributed by atoms with E-state index in [4.69, 9.17) is 0 Å². The SMILES string of the molecule is CN=C(NCCNC(C)(C)C)NC1CCC(C)(C)CC1.I. The molecule has 1 aliphatic rings. The van der Waals surface area contributed by atoms with E-state index in [0.717, 1.165) is 19.0 Å². The van der Waals surface area contributed by atoms with Gasteiger partial charge in [0.15, 0.2) is 5.96 Å². The van der Waals surface area contributed by atoms with Crippen LogP contribution >= 0.6 is 24.0 Å². The maximum atomic E-state index is 4.32. The largest absolute Gasteiger partial charge is 0.355 e. The maximum absolute atomic E-state index is 4.32. The van der Waals surface area contributed by atoms with Crippen LogP contribution in [0.5, 0.6) is 0 Å². The molecular formula is C16H35IN4. The molecule has 0 heterocycles. The Bertz CT molecular complexity index is 311. The number of hydrogen-bond donors (Lipinski definition) is 3. The van der Waals surface area contributed by atoms with Crippen LogP contribution in [0.15, 0.2) is 4.99 Å². The molecule has 0 atom stereocenters. The van der Waals surface area contributed by atoms with Gasteiger partial charge in [-0.3, -0.25) is 4.99 Å². The molecule has 4 nitrogen and oxygen atoms in total. The topological polar surface area (TPSA) is 48.5 Å². The molecule has 0 aromatic heterocycles. The fourth-order valence-corrected chi connectivity index (χ4v) is 2.55. The Kier molecular flexibility index (Phi) is 9.16. The van der Waals surface area contributed by atoms with Crippen LogP contribution < -0.4 is 16.0 Å². The van der Waals surface area contributed by atoms with Crippen LogP contribution in [0.4, 0.5) is 0 Å². The summed E-state index contributed by atoms with van der Waals surface area (Å²) >= 11 is 0. The second-order valence-corrected chi connectivity index (χ2v) is 7.76. The predicted molar refractivity (Wildman–Crippen MR) is 104 cm³/mol. The van der Waals surface area contributed by atoms with Gasteiger partial charge in [-0.25, -0.2) is 0 Å². The molecule has 0 aromatic carbocycles. The standard InChI is InChI=1S/C16H34N4.HI/c1-15(2,3)19-12-11-18-14(17-6)20-13-7-9-16(4,5)10-8-13;/h13,19H,7-12H2,1-6H3,(H2,17,18,20);1H. The number of rotatable bonds is 4. The van der Waals surface area contributed by atoms with Crippen molar-refractivity contribution in [3.8, 4) is 0 Å². The third-order valence-corrected chi connectivity index (χ3v) is 3.98. The molecule has 0 aliphatic heterocycles. The van der Waals surface area contributed by atoms with Crippen LogP contribution in [-0.2, 0) is 0 Å². The second kappa shape index (κ2) is 9.18. The first kappa shape index (κ1) is 21.0. The lowest BCUT2D eigenvalue weighted by atomic mass is 9.75. The lowest BCUT2D eigenvalue weighted by Gasteiger charge is -2.35. The summed E-state index contributed by atoms with van der Waals surface area (Å²) in [6.07, 6.45) is 5.09. The lowest BCUT2D eigenvalue weighted by molar-refractivity contribution is 0.216. The van der Waals surface area contributed by atoms with Crippen molar-refractivity contribution < 1.29 is 0 Å². The van der Waals surface area contributed by atoms with Crippen LogP contribution in [0, 0.1) is 5.41 Å². The van der Waals surface area contributed by atoms with E-state index in [1.165, 1.54) is 25.7 Å². The summed E-state index contributed by atoms with van der Waals surface area (Å²) in [6.45, 7) is 13.1. The van der Waals surface area contributed by atoms with Crippen LogP contribution in [-0.4, -0.2) is 37.7 Å². The van der Waals surface area contributed by atoms with Crippen molar-refractivity contribution in [1.82, 2.24) is 16.0 Å². The fraction of sp³-hybridized carbons (Fsp3) is 0.938. The van der Waals surface area contributed by atoms with E-state index in [-0.39, 0.29) is 29.5 Å². The predicted octanol–water partition coefficient (Wildman–Crippen LogP) is 3.13. The molecule has 1 fully saturated rings. The molecule has 5 heteroatoms. The molecule has 0 aromatic rings. The molecule has 1 saturated carbocycles. The van der Waals surface area contributed by atoms with Crippen molar-refractivity contribution in [2.75, 3.05) is 20.1 Å². The molecule has 0 radical (unpaired) electrons. The molecule has 0 bridgehead atoms. The van der Waals surface area contributed by atoms with Gasteiger partial charge < -0.3 is 16.0 Å². The minimum atomic E-state index is 0. The summed E-state index contributed by atoms with van der Waals surface area (Å²) in [6, 6.07) is 0.574. The normalized spacial score (nSPS) is 19.8. The Morgan fingerprint density at radius 2 is 1.71 bits per heavy atom. The average Bonchev–Trinajstić information content (AvgIpc) is 2.34. The lowest BCUT2D eigenvalue weighted by Crippen LogP contribution is -2.48. The Morgan fingerprint density at radius 3 is 2.19 bits per heavy atom. The Labute approximate surface area is 148 Å². The van der Waals surface area contributed by atoms with Gasteiger partial charge in [0.2, 0.25) is 0 Å². The molecule has 3 N–H and O–H groups in total. The molecule has 0 saturated heterocycles. The molecule has 1 rings (SSSR count). The molecule has 1 aliphatic carbocycles. The van der Waals surface area contributed by atoms with Crippen LogP contribution in [0.2, 0.25) is 0 Å². The van der Waals surface area contributed by atoms with Gasteiger partial charge >= 0.3 is 0 Å². The summed E-state index contributed by atoms with van der Waals surface area (Å²) in [5, 5.41) is 10.4. The van der Waals surface area contributed by atoms with E-state index in [1.54, 1.807) is 0 Å². The smallest absolute Gasteiger partial charge is 0.191 e. The summed E-state index contributed by atoms with van der Waals surface area (Å²) in [5.41, 5.74) is 0.694. The van der Waals surface area contributed by atoms with Gasteiger partial charge in [-0.05, 0) is 51.9 Å². The first-order chi connectivity index (χ1) is 9.22. The van der Waals surface area contributed by atoms with Crippen molar-refractivity contribution in [1.29, 1.82) is 0 Å². The van der Waals surface area contributed by atoms with Crippen LogP contribution in [0.25, 0.3) is 0 Å². The molecule has 0 unspecified atom stereocenters. The van der Waals surface area contributed by atoms with Gasteiger partial charge in [-0.1, -0.05) is 13.8 Å². The third kappa shape index (κ3) is 9.55. The van der Waals surface area contributed by atoms with Gasteiger partial charge in [-0.2, -0.15) is 0 Å². The van der Waals surface area contributed by atoms with Crippen molar-refractivity contribution >= 4 is 29.9 Å². The van der Waals surface area contributed by atoms with Gasteiger partial charge in [0.05, 0.1) is 0 Å². The van der Waals surface area contributed by atoms with Crippen LogP contribution in [0.3, 0.4) is 0 Å². The highest BCUT2D eigenvalue weighted by Gasteiger charge is 2.27. The molecule has 0 amide bonds. The van der Waals surface area contributed by atoms with Gasteiger partial charge in [0, 0.05) is 31.7 Å². The van der Waals surface area contributed by atoms with E-state index in [1.807, 2.05) is 7.05 Å². The highest BCUT2D eigenvalue weighted by molar-refractivity contribution is 14.0. The minimum absolute atomic E-state index is 0. The van der Waals surface area contributed by atoms with E-state index in [9.17, 15) is 0 Å².